The largest absolute Gasteiger partial charge is 0.365 e. The van der Waals surface area contributed by atoms with E-state index in [1.807, 2.05) is 6.07 Å². The highest BCUT2D eigenvalue weighted by molar-refractivity contribution is 7.17. The van der Waals surface area contributed by atoms with Gasteiger partial charge in [-0.25, -0.2) is 4.98 Å². The second-order valence-electron chi connectivity index (χ2n) is 6.25. The van der Waals surface area contributed by atoms with Crippen LogP contribution in [0.2, 0.25) is 0 Å². The van der Waals surface area contributed by atoms with E-state index in [0.29, 0.717) is 5.95 Å². The molecule has 0 fully saturated rings. The van der Waals surface area contributed by atoms with Gasteiger partial charge in [-0.15, -0.1) is 22.7 Å². The molecule has 0 aliphatic heterocycles. The quantitative estimate of drug-likeness (QED) is 0.457. The van der Waals surface area contributed by atoms with Gasteiger partial charge in [-0.05, 0) is 47.9 Å². The van der Waals surface area contributed by atoms with Crippen molar-refractivity contribution in [3.05, 3.63) is 68.7 Å². The Kier molecular flexibility index (Phi) is 4.86. The van der Waals surface area contributed by atoms with Crippen molar-refractivity contribution >= 4 is 44.7 Å². The van der Waals surface area contributed by atoms with Crippen LogP contribution in [-0.2, 0) is 13.1 Å². The highest BCUT2D eigenvalue weighted by Crippen LogP contribution is 2.28. The molecule has 0 radical (unpaired) electrons. The molecule has 4 nitrogen and oxygen atoms in total. The van der Waals surface area contributed by atoms with Crippen molar-refractivity contribution < 1.29 is 0 Å². The van der Waals surface area contributed by atoms with Gasteiger partial charge in [-0.2, -0.15) is 4.98 Å². The first-order valence-corrected chi connectivity index (χ1v) is 10.3. The number of hydrogen-bond acceptors (Lipinski definition) is 6. The minimum Gasteiger partial charge on any atom is -0.365 e. The van der Waals surface area contributed by atoms with Gasteiger partial charge >= 0.3 is 0 Å². The molecule has 1 aromatic carbocycles. The molecular formula is C20H20N4S2. The van der Waals surface area contributed by atoms with Gasteiger partial charge in [-0.3, -0.25) is 0 Å². The van der Waals surface area contributed by atoms with Crippen molar-refractivity contribution in [2.24, 2.45) is 0 Å². The molecule has 132 valence electrons. The predicted molar refractivity (Wildman–Crippen MR) is 112 cm³/mol. The van der Waals surface area contributed by atoms with Crippen LogP contribution in [0.3, 0.4) is 0 Å². The molecule has 2 N–H and O–H groups in total. The summed E-state index contributed by atoms with van der Waals surface area (Å²) in [7, 11) is 0. The first-order chi connectivity index (χ1) is 12.7. The van der Waals surface area contributed by atoms with E-state index in [9.17, 15) is 0 Å². The molecule has 0 aliphatic rings. The number of anilines is 2. The Balaban J connectivity index is 1.55. The Bertz CT molecular complexity index is 1020. The summed E-state index contributed by atoms with van der Waals surface area (Å²) in [4.78, 5) is 10.6. The number of benzene rings is 1. The summed E-state index contributed by atoms with van der Waals surface area (Å²) >= 11 is 3.40. The number of nitrogens with zero attached hydrogens (tertiary/aromatic N) is 2. The average molecular weight is 381 g/mol. The SMILES string of the molecule is Cc1ccc(CNc2nc(NCc3cccs3)nc3ccsc23)c(C)c1. The molecule has 6 heteroatoms. The summed E-state index contributed by atoms with van der Waals surface area (Å²) in [5.41, 5.74) is 4.84. The Morgan fingerprint density at radius 1 is 0.923 bits per heavy atom. The van der Waals surface area contributed by atoms with E-state index in [1.165, 1.54) is 21.6 Å². The zero-order valence-corrected chi connectivity index (χ0v) is 16.4. The van der Waals surface area contributed by atoms with E-state index in [0.717, 1.165) is 29.1 Å². The summed E-state index contributed by atoms with van der Waals surface area (Å²) < 4.78 is 1.09. The van der Waals surface area contributed by atoms with Gasteiger partial charge in [0.1, 0.15) is 5.82 Å². The zero-order valence-electron chi connectivity index (χ0n) is 14.7. The highest BCUT2D eigenvalue weighted by Gasteiger charge is 2.10. The fourth-order valence-electron chi connectivity index (χ4n) is 2.86. The van der Waals surface area contributed by atoms with Crippen LogP contribution >= 0.6 is 22.7 Å². The molecule has 0 spiro atoms. The number of aryl methyl sites for hydroxylation is 2. The van der Waals surface area contributed by atoms with Crippen LogP contribution in [0, 0.1) is 13.8 Å². The molecule has 26 heavy (non-hydrogen) atoms. The van der Waals surface area contributed by atoms with Crippen LogP contribution in [0.1, 0.15) is 21.6 Å². The molecular weight excluding hydrogens is 360 g/mol. The van der Waals surface area contributed by atoms with E-state index in [4.69, 9.17) is 4.98 Å². The number of nitrogens with one attached hydrogen (secondary N) is 2. The third kappa shape index (κ3) is 3.71. The molecule has 0 saturated heterocycles. The van der Waals surface area contributed by atoms with Gasteiger partial charge in [0.05, 0.1) is 16.8 Å². The van der Waals surface area contributed by atoms with Crippen molar-refractivity contribution in [2.75, 3.05) is 10.6 Å². The van der Waals surface area contributed by atoms with Crippen LogP contribution in [0.5, 0.6) is 0 Å². The Morgan fingerprint density at radius 2 is 1.85 bits per heavy atom. The van der Waals surface area contributed by atoms with E-state index in [-0.39, 0.29) is 0 Å². The van der Waals surface area contributed by atoms with E-state index < -0.39 is 0 Å². The average Bonchev–Trinajstić information content (AvgIpc) is 3.30. The minimum atomic E-state index is 0.660. The lowest BCUT2D eigenvalue weighted by Gasteiger charge is -2.11. The smallest absolute Gasteiger partial charge is 0.225 e. The summed E-state index contributed by atoms with van der Waals surface area (Å²) in [5.74, 6) is 1.55. The van der Waals surface area contributed by atoms with Crippen LogP contribution < -0.4 is 10.6 Å². The van der Waals surface area contributed by atoms with Gasteiger partial charge < -0.3 is 10.6 Å². The van der Waals surface area contributed by atoms with Crippen molar-refractivity contribution in [1.82, 2.24) is 9.97 Å². The maximum Gasteiger partial charge on any atom is 0.225 e. The summed E-state index contributed by atoms with van der Waals surface area (Å²) in [6, 6.07) is 12.8. The number of fused-ring (bicyclic) bond motifs is 1. The fraction of sp³-hybridized carbons (Fsp3) is 0.200. The molecule has 3 heterocycles. The predicted octanol–water partition coefficient (Wildman–Crippen LogP) is 5.59. The fourth-order valence-corrected chi connectivity index (χ4v) is 4.31. The summed E-state index contributed by atoms with van der Waals surface area (Å²) in [5, 5.41) is 11.0. The topological polar surface area (TPSA) is 49.8 Å². The van der Waals surface area contributed by atoms with E-state index in [2.05, 4.69) is 70.6 Å². The van der Waals surface area contributed by atoms with E-state index in [1.54, 1.807) is 22.7 Å². The molecule has 0 atom stereocenters. The van der Waals surface area contributed by atoms with Gasteiger partial charge in [0.15, 0.2) is 0 Å². The molecule has 0 amide bonds. The van der Waals surface area contributed by atoms with Crippen LogP contribution in [-0.4, -0.2) is 9.97 Å². The Morgan fingerprint density at radius 3 is 2.65 bits per heavy atom. The summed E-state index contributed by atoms with van der Waals surface area (Å²) in [6.45, 7) is 5.76. The monoisotopic (exact) mass is 380 g/mol. The number of rotatable bonds is 6. The normalized spacial score (nSPS) is 11.0. The van der Waals surface area contributed by atoms with Crippen molar-refractivity contribution in [2.45, 2.75) is 26.9 Å². The standard InChI is InChI=1S/C20H20N4S2/c1-13-5-6-15(14(2)10-13)11-21-19-18-17(7-9-26-18)23-20(24-19)22-12-16-4-3-8-25-16/h3-10H,11-12H2,1-2H3,(H2,21,22,23,24). The maximum absolute atomic E-state index is 4.72. The number of thiophene rings is 2. The Labute approximate surface area is 161 Å². The van der Waals surface area contributed by atoms with Crippen molar-refractivity contribution in [3.8, 4) is 0 Å². The second-order valence-corrected chi connectivity index (χ2v) is 8.20. The molecule has 0 aliphatic carbocycles. The molecule has 4 aromatic rings. The van der Waals surface area contributed by atoms with Gasteiger partial charge in [0.25, 0.3) is 0 Å². The molecule has 4 rings (SSSR count). The molecule has 3 aromatic heterocycles. The lowest BCUT2D eigenvalue weighted by Crippen LogP contribution is -2.07. The highest BCUT2D eigenvalue weighted by atomic mass is 32.1. The van der Waals surface area contributed by atoms with Gasteiger partial charge in [0, 0.05) is 11.4 Å². The molecule has 0 saturated carbocycles. The maximum atomic E-state index is 4.72. The lowest BCUT2D eigenvalue weighted by atomic mass is 10.1. The first kappa shape index (κ1) is 17.0. The van der Waals surface area contributed by atoms with Crippen LogP contribution in [0.25, 0.3) is 10.2 Å². The molecule has 0 unspecified atom stereocenters. The number of hydrogen-bond donors (Lipinski definition) is 2. The van der Waals surface area contributed by atoms with Crippen molar-refractivity contribution in [3.63, 3.8) is 0 Å². The lowest BCUT2D eigenvalue weighted by molar-refractivity contribution is 1.06. The third-order valence-corrected chi connectivity index (χ3v) is 6.04. The Hall–Kier alpha value is -2.44. The zero-order chi connectivity index (χ0) is 17.9. The van der Waals surface area contributed by atoms with Crippen LogP contribution in [0.15, 0.2) is 47.2 Å². The van der Waals surface area contributed by atoms with Gasteiger partial charge in [-0.1, -0.05) is 29.8 Å². The first-order valence-electron chi connectivity index (χ1n) is 8.50. The summed E-state index contributed by atoms with van der Waals surface area (Å²) in [6.07, 6.45) is 0. The van der Waals surface area contributed by atoms with E-state index >= 15 is 0 Å². The van der Waals surface area contributed by atoms with Gasteiger partial charge in [0.2, 0.25) is 5.95 Å². The van der Waals surface area contributed by atoms with Crippen LogP contribution in [0.4, 0.5) is 11.8 Å². The second kappa shape index (κ2) is 7.43. The minimum absolute atomic E-state index is 0.660. The van der Waals surface area contributed by atoms with Crippen molar-refractivity contribution in [1.29, 1.82) is 0 Å². The molecule has 0 bridgehead atoms. The number of aromatic nitrogens is 2. The third-order valence-electron chi connectivity index (χ3n) is 4.25.